The zero-order valence-corrected chi connectivity index (χ0v) is 6.66. The van der Waals surface area contributed by atoms with Crippen molar-refractivity contribution in [3.05, 3.63) is 0 Å². The Bertz CT molecular complexity index is 153. The number of esters is 1. The molecule has 1 unspecified atom stereocenters. The lowest BCUT2D eigenvalue weighted by Crippen LogP contribution is -2.24. The minimum atomic E-state index is -1.10. The van der Waals surface area contributed by atoms with E-state index in [4.69, 9.17) is 5.11 Å². The summed E-state index contributed by atoms with van der Waals surface area (Å²) in [5.74, 6) is -0.968. The molecule has 0 saturated carbocycles. The molecule has 0 aliphatic heterocycles. The molecule has 0 rings (SSSR count). The van der Waals surface area contributed by atoms with Crippen molar-refractivity contribution in [3.63, 3.8) is 0 Å². The highest BCUT2D eigenvalue weighted by Gasteiger charge is 2.13. The van der Waals surface area contributed by atoms with Crippen molar-refractivity contribution < 1.29 is 19.4 Å². The van der Waals surface area contributed by atoms with Crippen LogP contribution in [0.1, 0.15) is 20.3 Å². The van der Waals surface area contributed by atoms with E-state index in [-0.39, 0.29) is 12.4 Å². The highest BCUT2D eigenvalue weighted by molar-refractivity contribution is 5.81. The summed E-state index contributed by atoms with van der Waals surface area (Å²) in [4.78, 5) is 21.0. The molecule has 1 atom stereocenters. The molecular weight excluding hydrogens is 148 g/mol. The van der Waals surface area contributed by atoms with Gasteiger partial charge in [-0.1, -0.05) is 6.92 Å². The molecule has 0 radical (unpaired) electrons. The molecule has 0 saturated heterocycles. The molecule has 4 heteroatoms. The molecule has 0 aromatic heterocycles. The van der Waals surface area contributed by atoms with Crippen LogP contribution in [0.5, 0.6) is 0 Å². The SMILES string of the molecule is CCC(O)C(=O)OCC(C)=O. The van der Waals surface area contributed by atoms with Crippen molar-refractivity contribution in [2.24, 2.45) is 0 Å². The Morgan fingerprint density at radius 2 is 2.09 bits per heavy atom. The number of aliphatic hydroxyl groups is 1. The monoisotopic (exact) mass is 160 g/mol. The van der Waals surface area contributed by atoms with Gasteiger partial charge in [0.2, 0.25) is 0 Å². The van der Waals surface area contributed by atoms with Crippen LogP contribution in [-0.2, 0) is 14.3 Å². The lowest BCUT2D eigenvalue weighted by atomic mass is 10.3. The summed E-state index contributed by atoms with van der Waals surface area (Å²) in [6.45, 7) is 2.71. The van der Waals surface area contributed by atoms with E-state index in [1.165, 1.54) is 6.92 Å². The van der Waals surface area contributed by atoms with Crippen LogP contribution < -0.4 is 0 Å². The van der Waals surface area contributed by atoms with E-state index >= 15 is 0 Å². The Hall–Kier alpha value is -0.900. The van der Waals surface area contributed by atoms with Gasteiger partial charge in [-0.15, -0.1) is 0 Å². The van der Waals surface area contributed by atoms with Crippen molar-refractivity contribution in [1.82, 2.24) is 0 Å². The second-order valence-corrected chi connectivity index (χ2v) is 2.23. The molecule has 0 aromatic rings. The lowest BCUT2D eigenvalue weighted by molar-refractivity contribution is -0.156. The predicted octanol–water partition coefficient (Wildman–Crippen LogP) is -0.111. The molecule has 0 amide bonds. The fourth-order valence-corrected chi connectivity index (χ4v) is 0.436. The van der Waals surface area contributed by atoms with Gasteiger partial charge in [0.25, 0.3) is 0 Å². The van der Waals surface area contributed by atoms with Crippen LogP contribution in [0.4, 0.5) is 0 Å². The minimum Gasteiger partial charge on any atom is -0.456 e. The van der Waals surface area contributed by atoms with Gasteiger partial charge in [-0.2, -0.15) is 0 Å². The number of ketones is 1. The van der Waals surface area contributed by atoms with E-state index in [0.717, 1.165) is 0 Å². The van der Waals surface area contributed by atoms with Crippen molar-refractivity contribution in [1.29, 1.82) is 0 Å². The third-order valence-electron chi connectivity index (χ3n) is 1.08. The highest BCUT2D eigenvalue weighted by Crippen LogP contribution is 1.93. The van der Waals surface area contributed by atoms with Crippen molar-refractivity contribution in [2.45, 2.75) is 26.4 Å². The molecular formula is C7H12O4. The van der Waals surface area contributed by atoms with Gasteiger partial charge in [-0.3, -0.25) is 4.79 Å². The van der Waals surface area contributed by atoms with Gasteiger partial charge >= 0.3 is 5.97 Å². The molecule has 64 valence electrons. The van der Waals surface area contributed by atoms with Crippen LogP contribution in [0.15, 0.2) is 0 Å². The van der Waals surface area contributed by atoms with Gasteiger partial charge in [0, 0.05) is 0 Å². The van der Waals surface area contributed by atoms with Crippen LogP contribution >= 0.6 is 0 Å². The summed E-state index contributed by atoms with van der Waals surface area (Å²) in [6.07, 6.45) is -0.800. The van der Waals surface area contributed by atoms with Crippen LogP contribution in [0.3, 0.4) is 0 Å². The average Bonchev–Trinajstić information content (AvgIpc) is 1.98. The van der Waals surface area contributed by atoms with Crippen molar-refractivity contribution >= 4 is 11.8 Å². The van der Waals surface area contributed by atoms with Crippen LogP contribution in [0, 0.1) is 0 Å². The van der Waals surface area contributed by atoms with Gasteiger partial charge in [0.05, 0.1) is 0 Å². The molecule has 4 nitrogen and oxygen atoms in total. The zero-order valence-electron chi connectivity index (χ0n) is 6.66. The van der Waals surface area contributed by atoms with Gasteiger partial charge in [-0.25, -0.2) is 4.79 Å². The topological polar surface area (TPSA) is 63.6 Å². The molecule has 1 N–H and O–H groups in total. The van der Waals surface area contributed by atoms with E-state index in [1.807, 2.05) is 0 Å². The van der Waals surface area contributed by atoms with E-state index in [2.05, 4.69) is 4.74 Å². The van der Waals surface area contributed by atoms with Crippen LogP contribution in [0.25, 0.3) is 0 Å². The predicted molar refractivity (Wildman–Crippen MR) is 37.9 cm³/mol. The van der Waals surface area contributed by atoms with Crippen molar-refractivity contribution in [2.75, 3.05) is 6.61 Å². The first-order valence-corrected chi connectivity index (χ1v) is 3.42. The third kappa shape index (κ3) is 4.50. The number of rotatable bonds is 4. The largest absolute Gasteiger partial charge is 0.456 e. The first kappa shape index (κ1) is 10.1. The molecule has 0 fully saturated rings. The third-order valence-corrected chi connectivity index (χ3v) is 1.08. The number of ether oxygens (including phenoxy) is 1. The molecule has 0 heterocycles. The summed E-state index contributed by atoms with van der Waals surface area (Å²) in [5.41, 5.74) is 0. The molecule has 0 aliphatic rings. The van der Waals surface area contributed by atoms with E-state index < -0.39 is 12.1 Å². The number of carbonyl (C=O) groups excluding carboxylic acids is 2. The molecule has 11 heavy (non-hydrogen) atoms. The van der Waals surface area contributed by atoms with E-state index in [1.54, 1.807) is 6.92 Å². The minimum absolute atomic E-state index is 0.235. The fraction of sp³-hybridized carbons (Fsp3) is 0.714. The average molecular weight is 160 g/mol. The molecule has 0 bridgehead atoms. The maximum absolute atomic E-state index is 10.7. The Kier molecular flexibility index (Phi) is 4.45. The molecule has 0 spiro atoms. The summed E-state index contributed by atoms with van der Waals surface area (Å²) in [5, 5.41) is 8.85. The second-order valence-electron chi connectivity index (χ2n) is 2.23. The van der Waals surface area contributed by atoms with E-state index in [0.29, 0.717) is 6.42 Å². The lowest BCUT2D eigenvalue weighted by Gasteiger charge is -2.05. The van der Waals surface area contributed by atoms with Gasteiger partial charge in [0.1, 0.15) is 6.61 Å². The summed E-state index contributed by atoms with van der Waals surface area (Å²) in [6, 6.07) is 0. The number of hydrogen-bond acceptors (Lipinski definition) is 4. The smallest absolute Gasteiger partial charge is 0.335 e. The summed E-state index contributed by atoms with van der Waals surface area (Å²) >= 11 is 0. The van der Waals surface area contributed by atoms with Gasteiger partial charge in [0.15, 0.2) is 11.9 Å². The van der Waals surface area contributed by atoms with Gasteiger partial charge in [-0.05, 0) is 13.3 Å². The molecule has 0 aliphatic carbocycles. The first-order valence-electron chi connectivity index (χ1n) is 3.42. The standard InChI is InChI=1S/C7H12O4/c1-3-6(9)7(10)11-4-5(2)8/h6,9H,3-4H2,1-2H3. The number of aliphatic hydroxyl groups excluding tert-OH is 1. The highest BCUT2D eigenvalue weighted by atomic mass is 16.5. The normalized spacial score (nSPS) is 12.3. The Morgan fingerprint density at radius 1 is 1.55 bits per heavy atom. The first-order chi connectivity index (χ1) is 5.07. The summed E-state index contributed by atoms with van der Waals surface area (Å²) < 4.78 is 4.42. The van der Waals surface area contributed by atoms with E-state index in [9.17, 15) is 9.59 Å². The summed E-state index contributed by atoms with van der Waals surface area (Å²) in [7, 11) is 0. The quantitative estimate of drug-likeness (QED) is 0.583. The Balaban J connectivity index is 3.60. The fourth-order valence-electron chi connectivity index (χ4n) is 0.436. The number of hydrogen-bond donors (Lipinski definition) is 1. The zero-order chi connectivity index (χ0) is 8.85. The molecule has 0 aromatic carbocycles. The van der Waals surface area contributed by atoms with Crippen LogP contribution in [0.2, 0.25) is 0 Å². The van der Waals surface area contributed by atoms with Gasteiger partial charge < -0.3 is 9.84 Å². The maximum Gasteiger partial charge on any atom is 0.335 e. The number of Topliss-reactive ketones (excluding diaryl/α,β-unsaturated/α-hetero) is 1. The Labute approximate surface area is 65.2 Å². The van der Waals surface area contributed by atoms with Crippen LogP contribution in [-0.4, -0.2) is 29.6 Å². The van der Waals surface area contributed by atoms with Crippen molar-refractivity contribution in [3.8, 4) is 0 Å². The second kappa shape index (κ2) is 4.85. The number of carbonyl (C=O) groups is 2. The Morgan fingerprint density at radius 3 is 2.45 bits per heavy atom. The maximum atomic E-state index is 10.7.